The van der Waals surface area contributed by atoms with Crippen molar-refractivity contribution in [2.45, 2.75) is 26.4 Å². The first-order chi connectivity index (χ1) is 14.0. The maximum absolute atomic E-state index is 13.0. The molecule has 1 N–H and O–H groups in total. The lowest BCUT2D eigenvalue weighted by Gasteiger charge is -2.18. The van der Waals surface area contributed by atoms with Gasteiger partial charge in [0, 0.05) is 23.7 Å². The number of para-hydroxylation sites is 1. The molecule has 1 amide bonds. The summed E-state index contributed by atoms with van der Waals surface area (Å²) in [6, 6.07) is 16.2. The van der Waals surface area contributed by atoms with E-state index >= 15 is 0 Å². The van der Waals surface area contributed by atoms with E-state index < -0.39 is 6.04 Å². The summed E-state index contributed by atoms with van der Waals surface area (Å²) in [4.78, 5) is 29.1. The van der Waals surface area contributed by atoms with Crippen molar-refractivity contribution in [1.82, 2.24) is 19.5 Å². The summed E-state index contributed by atoms with van der Waals surface area (Å²) in [6.45, 7) is 4.09. The molecule has 0 spiro atoms. The van der Waals surface area contributed by atoms with Gasteiger partial charge in [-0.1, -0.05) is 24.3 Å². The normalized spacial score (nSPS) is 12.2. The van der Waals surface area contributed by atoms with Crippen molar-refractivity contribution in [3.8, 4) is 5.75 Å². The highest BCUT2D eigenvalue weighted by molar-refractivity contribution is 5.94. The predicted molar refractivity (Wildman–Crippen MR) is 111 cm³/mol. The molecular weight excluding hydrogens is 368 g/mol. The minimum absolute atomic E-state index is 0.124. The van der Waals surface area contributed by atoms with Gasteiger partial charge in [0.2, 0.25) is 5.91 Å². The molecule has 4 aromatic rings. The lowest BCUT2D eigenvalue weighted by atomic mass is 10.2. The van der Waals surface area contributed by atoms with Crippen molar-refractivity contribution in [2.24, 2.45) is 0 Å². The quantitative estimate of drug-likeness (QED) is 0.568. The van der Waals surface area contributed by atoms with Crippen LogP contribution in [0.15, 0.2) is 59.4 Å². The number of carbonyl (C=O) groups is 1. The van der Waals surface area contributed by atoms with Gasteiger partial charge in [0.05, 0.1) is 12.6 Å². The fourth-order valence-corrected chi connectivity index (χ4v) is 3.58. The molecule has 0 saturated heterocycles. The lowest BCUT2D eigenvalue weighted by molar-refractivity contribution is -0.124. The number of methoxy groups -OCH3 is 1. The molecule has 2 aromatic carbocycles. The standard InChI is InChI=1S/C22H22N4O3/c1-14-12-20(27)24-21-18-6-4-5-7-19(18)26(25(14)21)15(2)22(28)23-13-16-8-10-17(29-3)11-9-16/h4-12,15H,13H2,1-3H3,(H,23,28)/t15-/m0/s1. The van der Waals surface area contributed by atoms with Crippen molar-refractivity contribution < 1.29 is 9.53 Å². The zero-order valence-corrected chi connectivity index (χ0v) is 16.5. The number of hydrogen-bond acceptors (Lipinski definition) is 4. The zero-order chi connectivity index (χ0) is 20.5. The Morgan fingerprint density at radius 1 is 1.17 bits per heavy atom. The van der Waals surface area contributed by atoms with Gasteiger partial charge in [0.25, 0.3) is 5.56 Å². The Kier molecular flexibility index (Phi) is 4.80. The van der Waals surface area contributed by atoms with E-state index in [0.717, 1.165) is 27.9 Å². The van der Waals surface area contributed by atoms with Crippen molar-refractivity contribution >= 4 is 22.5 Å². The molecule has 0 fully saturated rings. The van der Waals surface area contributed by atoms with E-state index in [1.54, 1.807) is 7.11 Å². The predicted octanol–water partition coefficient (Wildman–Crippen LogP) is 2.84. The number of hydrogen-bond donors (Lipinski definition) is 1. The van der Waals surface area contributed by atoms with Crippen LogP contribution in [0.25, 0.3) is 16.6 Å². The van der Waals surface area contributed by atoms with Crippen molar-refractivity contribution in [3.05, 3.63) is 76.2 Å². The largest absolute Gasteiger partial charge is 0.497 e. The highest BCUT2D eigenvalue weighted by atomic mass is 16.5. The molecule has 0 bridgehead atoms. The van der Waals surface area contributed by atoms with Gasteiger partial charge in [-0.15, -0.1) is 0 Å². The number of nitrogens with zero attached hydrogens (tertiary/aromatic N) is 3. The number of amides is 1. The molecule has 1 atom stereocenters. The summed E-state index contributed by atoms with van der Waals surface area (Å²) in [6.07, 6.45) is 0. The van der Waals surface area contributed by atoms with Gasteiger partial charge in [-0.25, -0.2) is 4.52 Å². The molecule has 7 nitrogen and oxygen atoms in total. The Bertz CT molecular complexity index is 1260. The van der Waals surface area contributed by atoms with Crippen LogP contribution in [-0.4, -0.2) is 27.2 Å². The molecule has 7 heteroatoms. The second kappa shape index (κ2) is 7.43. The van der Waals surface area contributed by atoms with Crippen LogP contribution in [0.3, 0.4) is 0 Å². The minimum atomic E-state index is -0.501. The molecule has 4 rings (SSSR count). The zero-order valence-electron chi connectivity index (χ0n) is 16.5. The maximum atomic E-state index is 13.0. The first-order valence-electron chi connectivity index (χ1n) is 9.40. The van der Waals surface area contributed by atoms with Crippen LogP contribution in [0.1, 0.15) is 24.2 Å². The highest BCUT2D eigenvalue weighted by Crippen LogP contribution is 2.25. The Morgan fingerprint density at radius 2 is 1.90 bits per heavy atom. The van der Waals surface area contributed by atoms with E-state index in [1.807, 2.05) is 71.6 Å². The number of nitrogens with one attached hydrogen (secondary N) is 1. The molecular formula is C22H22N4O3. The monoisotopic (exact) mass is 390 g/mol. The van der Waals surface area contributed by atoms with Crippen molar-refractivity contribution in [1.29, 1.82) is 0 Å². The van der Waals surface area contributed by atoms with Gasteiger partial charge in [-0.3, -0.25) is 14.3 Å². The van der Waals surface area contributed by atoms with Gasteiger partial charge in [0.1, 0.15) is 11.8 Å². The number of ether oxygens (including phenoxy) is 1. The number of aromatic nitrogens is 3. The summed E-state index contributed by atoms with van der Waals surface area (Å²) in [7, 11) is 1.62. The number of carbonyl (C=O) groups excluding carboxylic acids is 1. The topological polar surface area (TPSA) is 77.6 Å². The average molecular weight is 390 g/mol. The summed E-state index contributed by atoms with van der Waals surface area (Å²) in [5, 5.41) is 3.82. The molecule has 148 valence electrons. The van der Waals surface area contributed by atoms with Crippen LogP contribution in [0, 0.1) is 6.92 Å². The van der Waals surface area contributed by atoms with E-state index in [0.29, 0.717) is 12.2 Å². The molecule has 0 aliphatic rings. The second-order valence-electron chi connectivity index (χ2n) is 6.97. The van der Waals surface area contributed by atoms with E-state index in [9.17, 15) is 9.59 Å². The Morgan fingerprint density at radius 3 is 2.62 bits per heavy atom. The van der Waals surface area contributed by atoms with Gasteiger partial charge < -0.3 is 10.1 Å². The van der Waals surface area contributed by atoms with Gasteiger partial charge in [-0.05, 0) is 43.7 Å². The summed E-state index contributed by atoms with van der Waals surface area (Å²) in [5.74, 6) is 0.650. The van der Waals surface area contributed by atoms with Crippen LogP contribution in [0.2, 0.25) is 0 Å². The fraction of sp³-hybridized carbons (Fsp3) is 0.227. The van der Waals surface area contributed by atoms with Gasteiger partial charge in [0.15, 0.2) is 5.65 Å². The molecule has 2 heterocycles. The van der Waals surface area contributed by atoms with Gasteiger partial charge >= 0.3 is 0 Å². The lowest BCUT2D eigenvalue weighted by Crippen LogP contribution is -2.32. The van der Waals surface area contributed by atoms with Crippen LogP contribution in [0.5, 0.6) is 5.75 Å². The fourth-order valence-electron chi connectivity index (χ4n) is 3.58. The molecule has 29 heavy (non-hydrogen) atoms. The third kappa shape index (κ3) is 3.35. The SMILES string of the molecule is COc1ccc(CNC(=O)[C@H](C)n2c3ccccc3c3nc(=O)cc(C)n32)cc1. The molecule has 2 aromatic heterocycles. The van der Waals surface area contributed by atoms with Crippen LogP contribution in [0.4, 0.5) is 0 Å². The first kappa shape index (κ1) is 18.7. The number of fused-ring (bicyclic) bond motifs is 3. The van der Waals surface area contributed by atoms with Crippen LogP contribution < -0.4 is 15.6 Å². The molecule has 0 saturated carbocycles. The van der Waals surface area contributed by atoms with Crippen LogP contribution >= 0.6 is 0 Å². The smallest absolute Gasteiger partial charge is 0.273 e. The van der Waals surface area contributed by atoms with Gasteiger partial charge in [-0.2, -0.15) is 4.98 Å². The number of aryl methyl sites for hydroxylation is 1. The summed E-state index contributed by atoms with van der Waals surface area (Å²) >= 11 is 0. The minimum Gasteiger partial charge on any atom is -0.497 e. The second-order valence-corrected chi connectivity index (χ2v) is 6.97. The van der Waals surface area contributed by atoms with E-state index in [4.69, 9.17) is 4.74 Å². The third-order valence-electron chi connectivity index (χ3n) is 5.06. The van der Waals surface area contributed by atoms with Crippen molar-refractivity contribution in [3.63, 3.8) is 0 Å². The summed E-state index contributed by atoms with van der Waals surface area (Å²) < 4.78 is 8.88. The first-order valence-corrected chi connectivity index (χ1v) is 9.40. The molecule has 0 unspecified atom stereocenters. The van der Waals surface area contributed by atoms with E-state index in [-0.39, 0.29) is 11.5 Å². The van der Waals surface area contributed by atoms with Crippen molar-refractivity contribution in [2.75, 3.05) is 7.11 Å². The average Bonchev–Trinajstić information content (AvgIpc) is 3.06. The van der Waals surface area contributed by atoms with E-state index in [1.165, 1.54) is 6.07 Å². The molecule has 0 aliphatic carbocycles. The Labute approximate surface area is 167 Å². The number of benzene rings is 2. The highest BCUT2D eigenvalue weighted by Gasteiger charge is 2.22. The maximum Gasteiger partial charge on any atom is 0.273 e. The Balaban J connectivity index is 1.69. The number of rotatable bonds is 5. The molecule has 0 radical (unpaired) electrons. The summed E-state index contributed by atoms with van der Waals surface area (Å²) in [5.41, 5.74) is 2.82. The Hall–Kier alpha value is -3.61. The third-order valence-corrected chi connectivity index (χ3v) is 5.06. The van der Waals surface area contributed by atoms with E-state index in [2.05, 4.69) is 10.3 Å². The van der Waals surface area contributed by atoms with Crippen LogP contribution in [-0.2, 0) is 11.3 Å². The molecule has 0 aliphatic heterocycles.